The predicted molar refractivity (Wildman–Crippen MR) is 110 cm³/mol. The van der Waals surface area contributed by atoms with E-state index in [1.54, 1.807) is 18.7 Å². The third-order valence-corrected chi connectivity index (χ3v) is 8.02. The van der Waals surface area contributed by atoms with Crippen molar-refractivity contribution in [3.63, 3.8) is 0 Å². The molecule has 2 aliphatic rings. The number of rotatable bonds is 5. The second-order valence-corrected chi connectivity index (χ2v) is 10.4. The van der Waals surface area contributed by atoms with Gasteiger partial charge in [-0.05, 0) is 55.5 Å². The van der Waals surface area contributed by atoms with Gasteiger partial charge in [-0.3, -0.25) is 9.59 Å². The summed E-state index contributed by atoms with van der Waals surface area (Å²) < 4.78 is 55.6. The predicted octanol–water partition coefficient (Wildman–Crippen LogP) is 2.03. The van der Waals surface area contributed by atoms with E-state index >= 15 is 0 Å². The molecule has 0 unspecified atom stereocenters. The lowest BCUT2D eigenvalue weighted by atomic mass is 9.96. The van der Waals surface area contributed by atoms with Gasteiger partial charge < -0.3 is 10.0 Å². The second-order valence-electron chi connectivity index (χ2n) is 8.37. The molecule has 0 aromatic heterocycles. The van der Waals surface area contributed by atoms with Crippen LogP contribution in [0, 0.1) is 13.8 Å². The van der Waals surface area contributed by atoms with Gasteiger partial charge in [0.15, 0.2) is 0 Å². The molecule has 0 saturated carbocycles. The van der Waals surface area contributed by atoms with Gasteiger partial charge in [0.25, 0.3) is 15.9 Å². The Balaban J connectivity index is 1.80. The summed E-state index contributed by atoms with van der Waals surface area (Å²) in [7, 11) is -4.92. The summed E-state index contributed by atoms with van der Waals surface area (Å²) in [5, 5.41) is 5.58. The molecule has 0 atom stereocenters. The van der Waals surface area contributed by atoms with Crippen LogP contribution in [-0.2, 0) is 21.2 Å². The van der Waals surface area contributed by atoms with Gasteiger partial charge in [-0.15, -0.1) is 0 Å². The summed E-state index contributed by atoms with van der Waals surface area (Å²) in [4.78, 5) is 25.7. The summed E-state index contributed by atoms with van der Waals surface area (Å²) >= 11 is 0. The van der Waals surface area contributed by atoms with E-state index in [0.29, 0.717) is 46.9 Å². The summed E-state index contributed by atoms with van der Waals surface area (Å²) in [6, 6.07) is 3.02. The monoisotopic (exact) mass is 458 g/mol. The number of alkyl halides is 2. The van der Waals surface area contributed by atoms with Crippen molar-refractivity contribution in [3.05, 3.63) is 34.4 Å². The van der Waals surface area contributed by atoms with E-state index in [-0.39, 0.29) is 43.2 Å². The van der Waals surface area contributed by atoms with Crippen LogP contribution >= 0.6 is 0 Å². The minimum absolute atomic E-state index is 0.0578. The number of aliphatic hydroxyl groups excluding tert-OH is 1. The first-order valence-electron chi connectivity index (χ1n) is 10.4. The van der Waals surface area contributed by atoms with Crippen LogP contribution < -0.4 is 0 Å². The number of sulfonamides is 1. The number of benzene rings is 1. The van der Waals surface area contributed by atoms with Gasteiger partial charge in [0.1, 0.15) is 5.78 Å². The number of hydrogen-bond donors (Lipinski definition) is 1. The zero-order valence-electron chi connectivity index (χ0n) is 17.7. The highest BCUT2D eigenvalue weighted by Gasteiger charge is 2.49. The Kier molecular flexibility index (Phi) is 6.83. The molecule has 172 valence electrons. The van der Waals surface area contributed by atoms with Crippen LogP contribution in [0.25, 0.3) is 0 Å². The summed E-state index contributed by atoms with van der Waals surface area (Å²) in [6.07, 6.45) is -0.545. The van der Waals surface area contributed by atoms with Crippen LogP contribution in [-0.4, -0.2) is 72.0 Å². The summed E-state index contributed by atoms with van der Waals surface area (Å²) in [6.45, 7) is 3.56. The molecular weight excluding hydrogens is 430 g/mol. The van der Waals surface area contributed by atoms with Crippen molar-refractivity contribution in [2.24, 2.45) is 0 Å². The third kappa shape index (κ3) is 4.96. The number of nitrogens with zero attached hydrogens (tertiary/aromatic N) is 2. The molecule has 31 heavy (non-hydrogen) atoms. The number of piperidine rings is 2. The van der Waals surface area contributed by atoms with Gasteiger partial charge in [0.2, 0.25) is 0 Å². The van der Waals surface area contributed by atoms with Gasteiger partial charge in [0.05, 0.1) is 12.5 Å². The molecule has 1 amide bonds. The van der Waals surface area contributed by atoms with Crippen molar-refractivity contribution in [2.75, 3.05) is 26.2 Å². The quantitative estimate of drug-likeness (QED) is 0.729. The molecule has 0 radical (unpaired) electrons. The number of aryl methyl sites for hydroxylation is 2. The van der Waals surface area contributed by atoms with Crippen LogP contribution in [0.2, 0.25) is 0 Å². The molecule has 0 spiro atoms. The van der Waals surface area contributed by atoms with E-state index in [0.717, 1.165) is 0 Å². The van der Waals surface area contributed by atoms with E-state index in [9.17, 15) is 31.9 Å². The Labute approximate surface area is 181 Å². The topological polar surface area (TPSA) is 95.0 Å². The molecule has 0 bridgehead atoms. The number of amides is 1. The van der Waals surface area contributed by atoms with Crippen LogP contribution in [0.15, 0.2) is 12.1 Å². The maximum atomic E-state index is 14.9. The Morgan fingerprint density at radius 3 is 2.13 bits per heavy atom. The molecule has 7 nitrogen and oxygen atoms in total. The van der Waals surface area contributed by atoms with Crippen molar-refractivity contribution in [3.8, 4) is 0 Å². The first-order chi connectivity index (χ1) is 14.4. The van der Waals surface area contributed by atoms with Crippen molar-refractivity contribution < 1.29 is 31.9 Å². The molecule has 1 aromatic rings. The molecule has 2 aliphatic heterocycles. The average molecular weight is 459 g/mol. The van der Waals surface area contributed by atoms with Crippen LogP contribution in [0.5, 0.6) is 0 Å². The Bertz CT molecular complexity index is 939. The van der Waals surface area contributed by atoms with Crippen molar-refractivity contribution >= 4 is 21.7 Å². The first kappa shape index (κ1) is 23.7. The standard InChI is InChI=1S/C21H28F2N2O5S/c1-14-11-16(20(28)24-7-3-17(26)4-8-24)12-15(2)19(14)13-21(22,23)31(29,30)25-9-5-18(27)6-10-25/h11-12,17,26H,3-10,13H2,1-2H3. The highest BCUT2D eigenvalue weighted by atomic mass is 32.2. The van der Waals surface area contributed by atoms with Crippen molar-refractivity contribution in [1.29, 1.82) is 0 Å². The second kappa shape index (κ2) is 8.91. The largest absolute Gasteiger partial charge is 0.393 e. The maximum Gasteiger partial charge on any atom is 0.363 e. The van der Waals surface area contributed by atoms with Gasteiger partial charge in [-0.2, -0.15) is 13.1 Å². The Morgan fingerprint density at radius 2 is 1.61 bits per heavy atom. The minimum atomic E-state index is -4.92. The van der Waals surface area contributed by atoms with E-state index in [4.69, 9.17) is 0 Å². The summed E-state index contributed by atoms with van der Waals surface area (Å²) in [5.41, 5.74) is 1.39. The van der Waals surface area contributed by atoms with Gasteiger partial charge in [-0.1, -0.05) is 0 Å². The number of likely N-dealkylation sites (tertiary alicyclic amines) is 1. The van der Waals surface area contributed by atoms with E-state index in [1.165, 1.54) is 12.1 Å². The first-order valence-corrected chi connectivity index (χ1v) is 11.8. The smallest absolute Gasteiger partial charge is 0.363 e. The molecule has 1 aromatic carbocycles. The van der Waals surface area contributed by atoms with Crippen molar-refractivity contribution in [1.82, 2.24) is 9.21 Å². The maximum absolute atomic E-state index is 14.9. The number of carbonyl (C=O) groups excluding carboxylic acids is 2. The lowest BCUT2D eigenvalue weighted by molar-refractivity contribution is -0.120. The molecule has 2 saturated heterocycles. The number of Topliss-reactive ketones (excluding diaryl/α,β-unsaturated/α-hetero) is 1. The fourth-order valence-corrected chi connectivity index (χ4v) is 5.48. The highest BCUT2D eigenvalue weighted by molar-refractivity contribution is 7.90. The number of hydrogen-bond acceptors (Lipinski definition) is 5. The third-order valence-electron chi connectivity index (χ3n) is 6.07. The molecule has 3 rings (SSSR count). The van der Waals surface area contributed by atoms with Gasteiger partial charge in [-0.25, -0.2) is 8.42 Å². The molecule has 2 heterocycles. The molecule has 0 aliphatic carbocycles. The Hall–Kier alpha value is -1.91. The zero-order valence-corrected chi connectivity index (χ0v) is 18.6. The van der Waals surface area contributed by atoms with Crippen molar-refractivity contribution in [2.45, 2.75) is 57.3 Å². The fraction of sp³-hybridized carbons (Fsp3) is 0.619. The van der Waals surface area contributed by atoms with Gasteiger partial charge in [0, 0.05) is 44.6 Å². The highest BCUT2D eigenvalue weighted by Crippen LogP contribution is 2.33. The van der Waals surface area contributed by atoms with E-state index < -0.39 is 27.8 Å². The normalized spacial score (nSPS) is 19.6. The number of ketones is 1. The molecule has 1 N–H and O–H groups in total. The Morgan fingerprint density at radius 1 is 1.10 bits per heavy atom. The zero-order chi connectivity index (χ0) is 23.0. The van der Waals surface area contributed by atoms with Crippen LogP contribution in [0.4, 0.5) is 8.78 Å². The number of aliphatic hydroxyl groups is 1. The fourth-order valence-electron chi connectivity index (χ4n) is 4.11. The van der Waals surface area contributed by atoms with Crippen LogP contribution in [0.1, 0.15) is 52.7 Å². The average Bonchev–Trinajstić information content (AvgIpc) is 2.71. The SMILES string of the molecule is Cc1cc(C(=O)N2CCC(O)CC2)cc(C)c1CC(F)(F)S(=O)(=O)N1CCC(=O)CC1. The summed E-state index contributed by atoms with van der Waals surface area (Å²) in [5.74, 6) is -0.369. The van der Waals surface area contributed by atoms with Crippen LogP contribution in [0.3, 0.4) is 0 Å². The van der Waals surface area contributed by atoms with E-state index in [1.807, 2.05) is 0 Å². The minimum Gasteiger partial charge on any atom is -0.393 e. The molecular formula is C21H28F2N2O5S. The molecule has 10 heteroatoms. The number of carbonyl (C=O) groups is 2. The van der Waals surface area contributed by atoms with Gasteiger partial charge >= 0.3 is 5.25 Å². The van der Waals surface area contributed by atoms with E-state index in [2.05, 4.69) is 0 Å². The molecule has 2 fully saturated rings. The number of halogens is 2. The lowest BCUT2D eigenvalue weighted by Crippen LogP contribution is -2.47. The lowest BCUT2D eigenvalue weighted by Gasteiger charge is -2.31.